The molecule has 3 heterocycles. The SMILES string of the molecule is C/C=C/N=C(/C=C/n1c(C)cc(C2C(C)C2c2ccc(C)cc2)c(Cl)c1=O)c1cccc(C(=O)N2CC(C3COC3)C2)c1F. The van der Waals surface area contributed by atoms with Gasteiger partial charge in [0.2, 0.25) is 0 Å². The number of amides is 1. The van der Waals surface area contributed by atoms with Gasteiger partial charge in [-0.15, -0.1) is 0 Å². The van der Waals surface area contributed by atoms with Crippen molar-refractivity contribution in [3.8, 4) is 0 Å². The molecule has 6 rings (SSSR count). The second-order valence-electron chi connectivity index (χ2n) is 12.3. The fourth-order valence-electron chi connectivity index (χ4n) is 6.48. The number of hydrogen-bond donors (Lipinski definition) is 0. The highest BCUT2D eigenvalue weighted by atomic mass is 35.5. The molecule has 1 aromatic heterocycles. The number of carbonyl (C=O) groups excluding carboxylic acids is 1. The monoisotopic (exact) mass is 613 g/mol. The molecule has 0 bridgehead atoms. The first-order valence-corrected chi connectivity index (χ1v) is 15.6. The average Bonchev–Trinajstić information content (AvgIpc) is 3.63. The van der Waals surface area contributed by atoms with E-state index in [0.717, 1.165) is 18.8 Å². The van der Waals surface area contributed by atoms with E-state index in [1.54, 1.807) is 41.6 Å². The average molecular weight is 614 g/mol. The Morgan fingerprint density at radius 3 is 2.41 bits per heavy atom. The minimum Gasteiger partial charge on any atom is -0.381 e. The highest BCUT2D eigenvalue weighted by Crippen LogP contribution is 2.61. The van der Waals surface area contributed by atoms with E-state index in [9.17, 15) is 9.59 Å². The van der Waals surface area contributed by atoms with E-state index < -0.39 is 5.82 Å². The maximum absolute atomic E-state index is 15.9. The summed E-state index contributed by atoms with van der Waals surface area (Å²) in [5.41, 5.74) is 4.16. The Morgan fingerprint density at radius 1 is 1.05 bits per heavy atom. The first kappa shape index (κ1) is 30.2. The van der Waals surface area contributed by atoms with Crippen LogP contribution in [-0.2, 0) is 4.74 Å². The molecule has 3 atom stereocenters. The highest BCUT2D eigenvalue weighted by molar-refractivity contribution is 6.31. The van der Waals surface area contributed by atoms with Gasteiger partial charge in [0.1, 0.15) is 10.8 Å². The molecule has 0 radical (unpaired) electrons. The second kappa shape index (κ2) is 12.3. The molecule has 228 valence electrons. The molecule has 2 aromatic carbocycles. The third-order valence-electron chi connectivity index (χ3n) is 9.38. The molecular formula is C36H37ClFN3O3. The van der Waals surface area contributed by atoms with Gasteiger partial charge in [0.15, 0.2) is 0 Å². The highest BCUT2D eigenvalue weighted by Gasteiger charge is 2.49. The van der Waals surface area contributed by atoms with Crippen molar-refractivity contribution in [3.63, 3.8) is 0 Å². The maximum Gasteiger partial charge on any atom is 0.273 e. The Morgan fingerprint density at radius 2 is 1.75 bits per heavy atom. The molecular weight excluding hydrogens is 577 g/mol. The van der Waals surface area contributed by atoms with Crippen LogP contribution in [0, 0.1) is 37.4 Å². The van der Waals surface area contributed by atoms with E-state index in [1.165, 1.54) is 21.8 Å². The Kier molecular flexibility index (Phi) is 8.44. The summed E-state index contributed by atoms with van der Waals surface area (Å²) in [6.45, 7) is 10.6. The van der Waals surface area contributed by atoms with E-state index in [2.05, 4.69) is 43.1 Å². The molecule has 1 amide bonds. The Balaban J connectivity index is 1.26. The summed E-state index contributed by atoms with van der Waals surface area (Å²) >= 11 is 6.72. The van der Waals surface area contributed by atoms with Gasteiger partial charge >= 0.3 is 0 Å². The van der Waals surface area contributed by atoms with Crippen LogP contribution in [0.15, 0.2) is 76.7 Å². The second-order valence-corrected chi connectivity index (χ2v) is 12.7. The third-order valence-corrected chi connectivity index (χ3v) is 9.76. The number of aryl methyl sites for hydroxylation is 2. The van der Waals surface area contributed by atoms with Crippen molar-refractivity contribution in [1.29, 1.82) is 0 Å². The van der Waals surface area contributed by atoms with Crippen molar-refractivity contribution in [2.75, 3.05) is 26.3 Å². The van der Waals surface area contributed by atoms with Crippen LogP contribution in [0.1, 0.15) is 64.0 Å². The van der Waals surface area contributed by atoms with Gasteiger partial charge in [0.25, 0.3) is 11.5 Å². The summed E-state index contributed by atoms with van der Waals surface area (Å²) in [7, 11) is 0. The number of nitrogens with zero attached hydrogens (tertiary/aromatic N) is 3. The minimum absolute atomic E-state index is 0.00909. The van der Waals surface area contributed by atoms with E-state index in [-0.39, 0.29) is 39.2 Å². The molecule has 3 fully saturated rings. The van der Waals surface area contributed by atoms with Crippen LogP contribution in [0.2, 0.25) is 5.02 Å². The van der Waals surface area contributed by atoms with Crippen LogP contribution < -0.4 is 5.56 Å². The van der Waals surface area contributed by atoms with Gasteiger partial charge in [-0.1, -0.05) is 60.5 Å². The lowest BCUT2D eigenvalue weighted by Crippen LogP contribution is -2.56. The van der Waals surface area contributed by atoms with Crippen molar-refractivity contribution in [2.45, 2.75) is 39.5 Å². The number of benzene rings is 2. The zero-order valence-electron chi connectivity index (χ0n) is 25.5. The van der Waals surface area contributed by atoms with Gasteiger partial charge in [-0.2, -0.15) is 0 Å². The predicted octanol–water partition coefficient (Wildman–Crippen LogP) is 6.99. The van der Waals surface area contributed by atoms with Crippen LogP contribution in [0.25, 0.3) is 6.20 Å². The summed E-state index contributed by atoms with van der Waals surface area (Å²) < 4.78 is 22.6. The van der Waals surface area contributed by atoms with Gasteiger partial charge in [0.05, 0.1) is 24.5 Å². The largest absolute Gasteiger partial charge is 0.381 e. The van der Waals surface area contributed by atoms with Crippen LogP contribution >= 0.6 is 11.6 Å². The summed E-state index contributed by atoms with van der Waals surface area (Å²) in [6.07, 6.45) is 6.44. The standard InChI is InChI=1S/C36H37ClFN3O3/c1-5-14-39-30(27-7-6-8-28(34(27)38)35(42)40-17-25(18-40)26-19-44-20-26)13-15-41-22(3)16-29(33(37)36(41)43)32-23(4)31(32)24-11-9-21(2)10-12-24/h5-16,23,25-26,31-32H,17-20H2,1-4H3/b14-5+,15-13+,39-30-. The van der Waals surface area contributed by atoms with E-state index in [1.807, 2.05) is 19.9 Å². The summed E-state index contributed by atoms with van der Waals surface area (Å²) in [5, 5.41) is 0.193. The zero-order valence-corrected chi connectivity index (χ0v) is 26.2. The molecule has 3 aromatic rings. The summed E-state index contributed by atoms with van der Waals surface area (Å²) in [4.78, 5) is 32.8. The zero-order chi connectivity index (χ0) is 31.1. The quantitative estimate of drug-likeness (QED) is 0.257. The van der Waals surface area contributed by atoms with Crippen LogP contribution in [0.5, 0.6) is 0 Å². The van der Waals surface area contributed by atoms with Crippen molar-refractivity contribution >= 4 is 29.4 Å². The number of aromatic nitrogens is 1. The number of aliphatic imine (C=N–C) groups is 1. The number of likely N-dealkylation sites (tertiary alicyclic amines) is 1. The maximum atomic E-state index is 15.9. The van der Waals surface area contributed by atoms with Crippen molar-refractivity contribution in [1.82, 2.24) is 9.47 Å². The molecule has 0 N–H and O–H groups in total. The fraction of sp³-hybridized carbons (Fsp3) is 0.361. The van der Waals surface area contributed by atoms with Crippen molar-refractivity contribution < 1.29 is 13.9 Å². The Labute approximate surface area is 262 Å². The van der Waals surface area contributed by atoms with Crippen LogP contribution in [0.4, 0.5) is 4.39 Å². The minimum atomic E-state index is -0.636. The Hall–Kier alpha value is -3.81. The molecule has 1 saturated carbocycles. The van der Waals surface area contributed by atoms with Crippen molar-refractivity contribution in [3.05, 3.63) is 122 Å². The third kappa shape index (κ3) is 5.59. The molecule has 3 unspecified atom stereocenters. The summed E-state index contributed by atoms with van der Waals surface area (Å²) in [6, 6.07) is 15.3. The molecule has 3 aliphatic rings. The normalized spacial score (nSPS) is 22.5. The van der Waals surface area contributed by atoms with Gasteiger partial charge in [0, 0.05) is 48.6 Å². The number of ether oxygens (including phenoxy) is 1. The molecule has 2 aliphatic heterocycles. The number of pyridine rings is 1. The van der Waals surface area contributed by atoms with Gasteiger partial charge in [-0.05, 0) is 73.9 Å². The molecule has 1 aliphatic carbocycles. The van der Waals surface area contributed by atoms with E-state index in [0.29, 0.717) is 42.5 Å². The van der Waals surface area contributed by atoms with Gasteiger partial charge in [-0.3, -0.25) is 19.1 Å². The lowest BCUT2D eigenvalue weighted by molar-refractivity contribution is -0.0911. The summed E-state index contributed by atoms with van der Waals surface area (Å²) in [5.74, 6) is 0.769. The topological polar surface area (TPSA) is 63.9 Å². The molecule has 2 saturated heterocycles. The molecule has 44 heavy (non-hydrogen) atoms. The lowest BCUT2D eigenvalue weighted by atomic mass is 9.84. The first-order valence-electron chi connectivity index (χ1n) is 15.2. The smallest absolute Gasteiger partial charge is 0.273 e. The molecule has 6 nitrogen and oxygen atoms in total. The van der Waals surface area contributed by atoms with Gasteiger partial charge < -0.3 is 9.64 Å². The lowest BCUT2D eigenvalue weighted by Gasteiger charge is -2.46. The first-order chi connectivity index (χ1) is 21.2. The van der Waals surface area contributed by atoms with Crippen LogP contribution in [-0.4, -0.2) is 47.4 Å². The fourth-order valence-corrected chi connectivity index (χ4v) is 6.76. The number of hydrogen-bond acceptors (Lipinski definition) is 4. The van der Waals surface area contributed by atoms with Gasteiger partial charge in [-0.25, -0.2) is 4.39 Å². The number of rotatable bonds is 8. The molecule has 8 heteroatoms. The predicted molar refractivity (Wildman–Crippen MR) is 173 cm³/mol. The number of halogens is 2. The van der Waals surface area contributed by atoms with Crippen LogP contribution in [0.3, 0.4) is 0 Å². The number of allylic oxidation sites excluding steroid dienone is 2. The van der Waals surface area contributed by atoms with E-state index in [4.69, 9.17) is 16.3 Å². The van der Waals surface area contributed by atoms with Crippen molar-refractivity contribution in [2.24, 2.45) is 22.7 Å². The number of carbonyl (C=O) groups is 1. The molecule has 0 spiro atoms. The van der Waals surface area contributed by atoms with E-state index >= 15 is 4.39 Å². The Bertz CT molecular complexity index is 1730.